The highest BCUT2D eigenvalue weighted by molar-refractivity contribution is 7.89. The van der Waals surface area contributed by atoms with Crippen LogP contribution < -0.4 is 10.1 Å². The third-order valence-electron chi connectivity index (χ3n) is 4.97. The molecule has 1 N–H and O–H groups in total. The van der Waals surface area contributed by atoms with Gasteiger partial charge in [-0.25, -0.2) is 12.8 Å². The van der Waals surface area contributed by atoms with Crippen molar-refractivity contribution >= 4 is 27.7 Å². The van der Waals surface area contributed by atoms with Crippen LogP contribution in [0.4, 0.5) is 10.1 Å². The maximum Gasteiger partial charge on any atom is 0.248 e. The van der Waals surface area contributed by atoms with Gasteiger partial charge in [0, 0.05) is 31.6 Å². The third-order valence-corrected chi connectivity index (χ3v) is 6.86. The Kier molecular flexibility index (Phi) is 7.31. The van der Waals surface area contributed by atoms with Crippen molar-refractivity contribution in [1.29, 1.82) is 0 Å². The van der Waals surface area contributed by atoms with E-state index in [-0.39, 0.29) is 29.4 Å². The molecule has 4 rings (SSSR count). The normalized spacial score (nSPS) is 14.7. The molecular formula is C24H22FN3O5S. The second-order valence-corrected chi connectivity index (χ2v) is 9.28. The first-order valence-corrected chi connectivity index (χ1v) is 11.9. The van der Waals surface area contributed by atoms with E-state index in [2.05, 4.69) is 10.3 Å². The van der Waals surface area contributed by atoms with Crippen molar-refractivity contribution in [2.24, 2.45) is 0 Å². The minimum atomic E-state index is -3.80. The van der Waals surface area contributed by atoms with Gasteiger partial charge in [0.2, 0.25) is 15.9 Å². The molecule has 1 aliphatic heterocycles. The Balaban J connectivity index is 1.63. The van der Waals surface area contributed by atoms with Gasteiger partial charge in [-0.05, 0) is 60.2 Å². The van der Waals surface area contributed by atoms with Gasteiger partial charge in [-0.2, -0.15) is 4.31 Å². The standard InChI is InChI=1S/C24H22FN3O5S/c25-19-4-6-20(7-5-19)33-23-9-8-21(34(30,31)28-12-14-32-15-13-28)16-22(23)27-24(29)10-3-18-2-1-11-26-17-18/h1-11,16-17H,12-15H2,(H,27,29)/b10-3+. The van der Waals surface area contributed by atoms with Crippen molar-refractivity contribution in [2.75, 3.05) is 31.6 Å². The Morgan fingerprint density at radius 1 is 1.12 bits per heavy atom. The number of anilines is 1. The monoisotopic (exact) mass is 483 g/mol. The zero-order chi connectivity index (χ0) is 24.0. The van der Waals surface area contributed by atoms with Crippen LogP contribution in [0, 0.1) is 5.82 Å². The van der Waals surface area contributed by atoms with E-state index in [1.54, 1.807) is 30.6 Å². The first-order chi connectivity index (χ1) is 16.4. The van der Waals surface area contributed by atoms with E-state index in [1.807, 2.05) is 0 Å². The van der Waals surface area contributed by atoms with Crippen LogP contribution in [0.5, 0.6) is 11.5 Å². The van der Waals surface area contributed by atoms with Gasteiger partial charge < -0.3 is 14.8 Å². The average molecular weight is 484 g/mol. The number of halogens is 1. The Labute approximate surface area is 196 Å². The Morgan fingerprint density at radius 3 is 2.59 bits per heavy atom. The fourth-order valence-electron chi connectivity index (χ4n) is 3.24. The topological polar surface area (TPSA) is 97.8 Å². The predicted octanol–water partition coefficient (Wildman–Crippen LogP) is 3.69. The van der Waals surface area contributed by atoms with E-state index >= 15 is 0 Å². The summed E-state index contributed by atoms with van der Waals surface area (Å²) in [5.41, 5.74) is 0.878. The molecule has 0 aliphatic carbocycles. The molecule has 3 aromatic rings. The van der Waals surface area contributed by atoms with Crippen LogP contribution in [0.2, 0.25) is 0 Å². The molecule has 1 aromatic heterocycles. The summed E-state index contributed by atoms with van der Waals surface area (Å²) in [6.07, 6.45) is 6.11. The molecule has 10 heteroatoms. The number of carbonyl (C=O) groups is 1. The van der Waals surface area contributed by atoms with E-state index in [1.165, 1.54) is 52.8 Å². The van der Waals surface area contributed by atoms with Crippen LogP contribution in [0.3, 0.4) is 0 Å². The molecule has 0 atom stereocenters. The number of nitrogens with zero attached hydrogens (tertiary/aromatic N) is 2. The summed E-state index contributed by atoms with van der Waals surface area (Å²) in [5, 5.41) is 2.67. The fraction of sp³-hybridized carbons (Fsp3) is 0.167. The number of pyridine rings is 1. The highest BCUT2D eigenvalue weighted by atomic mass is 32.2. The van der Waals surface area contributed by atoms with Gasteiger partial charge in [0.15, 0.2) is 5.75 Å². The first-order valence-electron chi connectivity index (χ1n) is 10.5. The maximum absolute atomic E-state index is 13.3. The Morgan fingerprint density at radius 2 is 1.88 bits per heavy atom. The molecule has 2 aromatic carbocycles. The van der Waals surface area contributed by atoms with E-state index in [4.69, 9.17) is 9.47 Å². The average Bonchev–Trinajstić information content (AvgIpc) is 2.86. The SMILES string of the molecule is O=C(/C=C/c1cccnc1)Nc1cc(S(=O)(=O)N2CCOCC2)ccc1Oc1ccc(F)cc1. The molecule has 0 radical (unpaired) electrons. The number of benzene rings is 2. The number of ether oxygens (including phenoxy) is 2. The molecular weight excluding hydrogens is 461 g/mol. The van der Waals surface area contributed by atoms with Crippen LogP contribution in [0.1, 0.15) is 5.56 Å². The zero-order valence-corrected chi connectivity index (χ0v) is 18.9. The summed E-state index contributed by atoms with van der Waals surface area (Å²) >= 11 is 0. The number of nitrogens with one attached hydrogen (secondary N) is 1. The molecule has 0 spiro atoms. The lowest BCUT2D eigenvalue weighted by molar-refractivity contribution is -0.111. The molecule has 0 bridgehead atoms. The maximum atomic E-state index is 13.3. The smallest absolute Gasteiger partial charge is 0.248 e. The largest absolute Gasteiger partial charge is 0.455 e. The Hall–Kier alpha value is -3.60. The summed E-state index contributed by atoms with van der Waals surface area (Å²) in [4.78, 5) is 16.6. The number of carbonyl (C=O) groups excluding carboxylic acids is 1. The van der Waals surface area contributed by atoms with Gasteiger partial charge in [0.05, 0.1) is 23.8 Å². The predicted molar refractivity (Wildman–Crippen MR) is 124 cm³/mol. The van der Waals surface area contributed by atoms with Crippen LogP contribution >= 0.6 is 0 Å². The number of hydrogen-bond acceptors (Lipinski definition) is 6. The molecule has 1 saturated heterocycles. The summed E-state index contributed by atoms with van der Waals surface area (Å²) < 4.78 is 51.8. The fourth-order valence-corrected chi connectivity index (χ4v) is 4.68. The van der Waals surface area contributed by atoms with Crippen molar-refractivity contribution in [3.63, 3.8) is 0 Å². The summed E-state index contributed by atoms with van der Waals surface area (Å²) in [6.45, 7) is 1.11. The van der Waals surface area contributed by atoms with Gasteiger partial charge in [-0.3, -0.25) is 9.78 Å². The molecule has 34 heavy (non-hydrogen) atoms. The summed E-state index contributed by atoms with van der Waals surface area (Å²) in [6, 6.07) is 13.1. The number of morpholine rings is 1. The van der Waals surface area contributed by atoms with Gasteiger partial charge in [-0.15, -0.1) is 0 Å². The van der Waals surface area contributed by atoms with Crippen LogP contribution in [-0.4, -0.2) is 49.9 Å². The lowest BCUT2D eigenvalue weighted by Gasteiger charge is -2.26. The molecule has 1 amide bonds. The number of hydrogen-bond donors (Lipinski definition) is 1. The van der Waals surface area contributed by atoms with Gasteiger partial charge in [0.25, 0.3) is 0 Å². The van der Waals surface area contributed by atoms with Crippen LogP contribution in [-0.2, 0) is 19.6 Å². The van der Waals surface area contributed by atoms with Crippen molar-refractivity contribution in [1.82, 2.24) is 9.29 Å². The molecule has 176 valence electrons. The Bertz CT molecular complexity index is 1280. The van der Waals surface area contributed by atoms with E-state index in [9.17, 15) is 17.6 Å². The molecule has 0 saturated carbocycles. The van der Waals surface area contributed by atoms with E-state index < -0.39 is 21.7 Å². The van der Waals surface area contributed by atoms with Gasteiger partial charge >= 0.3 is 0 Å². The summed E-state index contributed by atoms with van der Waals surface area (Å²) in [5.74, 6) is -0.385. The molecule has 1 fully saturated rings. The molecule has 8 nitrogen and oxygen atoms in total. The minimum Gasteiger partial charge on any atom is -0.455 e. The van der Waals surface area contributed by atoms with Crippen LogP contribution in [0.15, 0.2) is 78.0 Å². The van der Waals surface area contributed by atoms with Crippen LogP contribution in [0.25, 0.3) is 6.08 Å². The number of aromatic nitrogens is 1. The van der Waals surface area contributed by atoms with Crippen molar-refractivity contribution in [3.05, 3.63) is 84.4 Å². The van der Waals surface area contributed by atoms with Crippen molar-refractivity contribution in [2.45, 2.75) is 4.90 Å². The highest BCUT2D eigenvalue weighted by Gasteiger charge is 2.27. The second-order valence-electron chi connectivity index (χ2n) is 7.34. The summed E-state index contributed by atoms with van der Waals surface area (Å²) in [7, 11) is -3.80. The molecule has 2 heterocycles. The highest BCUT2D eigenvalue weighted by Crippen LogP contribution is 2.33. The second kappa shape index (κ2) is 10.6. The molecule has 1 aliphatic rings. The van der Waals surface area contributed by atoms with E-state index in [0.29, 0.717) is 19.0 Å². The van der Waals surface area contributed by atoms with Gasteiger partial charge in [0.1, 0.15) is 11.6 Å². The quantitative estimate of drug-likeness (QED) is 0.515. The number of amides is 1. The molecule has 0 unspecified atom stereocenters. The number of rotatable bonds is 7. The van der Waals surface area contributed by atoms with Crippen molar-refractivity contribution in [3.8, 4) is 11.5 Å². The lowest BCUT2D eigenvalue weighted by atomic mass is 10.2. The zero-order valence-electron chi connectivity index (χ0n) is 18.1. The number of sulfonamides is 1. The lowest BCUT2D eigenvalue weighted by Crippen LogP contribution is -2.40. The minimum absolute atomic E-state index is 0.00685. The van der Waals surface area contributed by atoms with Gasteiger partial charge in [-0.1, -0.05) is 6.07 Å². The van der Waals surface area contributed by atoms with E-state index in [0.717, 1.165) is 5.56 Å². The third kappa shape index (κ3) is 5.84. The van der Waals surface area contributed by atoms with Crippen molar-refractivity contribution < 1.29 is 27.1 Å². The first kappa shape index (κ1) is 23.6.